The summed E-state index contributed by atoms with van der Waals surface area (Å²) in [5.41, 5.74) is 4.66. The van der Waals surface area contributed by atoms with Crippen LogP contribution in [0.25, 0.3) is 11.1 Å². The van der Waals surface area contributed by atoms with Crippen LogP contribution in [0.2, 0.25) is 0 Å². The molecule has 2 atom stereocenters. The van der Waals surface area contributed by atoms with Crippen LogP contribution in [0, 0.1) is 5.92 Å². The number of benzene rings is 2. The molecule has 0 fully saturated rings. The Bertz CT molecular complexity index is 960. The second-order valence-electron chi connectivity index (χ2n) is 8.63. The number of hydrogen-bond acceptors (Lipinski definition) is 4. The Balaban J connectivity index is 1.51. The van der Waals surface area contributed by atoms with E-state index in [1.54, 1.807) is 14.0 Å². The molecule has 0 radical (unpaired) electrons. The maximum atomic E-state index is 12.5. The average molecular weight is 453 g/mol. The lowest BCUT2D eigenvalue weighted by molar-refractivity contribution is -0.142. The number of carboxylic acid groups (broad SMARTS) is 1. The van der Waals surface area contributed by atoms with E-state index in [2.05, 4.69) is 29.6 Å². The van der Waals surface area contributed by atoms with Gasteiger partial charge in [-0.25, -0.2) is 4.79 Å². The molecule has 1 aliphatic carbocycles. The predicted molar refractivity (Wildman–Crippen MR) is 126 cm³/mol. The number of aliphatic carboxylic acids is 1. The van der Waals surface area contributed by atoms with Gasteiger partial charge in [0.2, 0.25) is 5.91 Å². The molecular formula is C26H32N2O5. The molecule has 0 heterocycles. The zero-order valence-corrected chi connectivity index (χ0v) is 19.4. The smallest absolute Gasteiger partial charge is 0.407 e. The van der Waals surface area contributed by atoms with Gasteiger partial charge in [-0.15, -0.1) is 0 Å². The predicted octanol–water partition coefficient (Wildman–Crippen LogP) is 4.26. The Morgan fingerprint density at radius 1 is 1.06 bits per heavy atom. The molecule has 2 unspecified atom stereocenters. The molecule has 0 aliphatic heterocycles. The molecule has 7 nitrogen and oxygen atoms in total. The van der Waals surface area contributed by atoms with Gasteiger partial charge in [-0.1, -0.05) is 62.4 Å². The van der Waals surface area contributed by atoms with Gasteiger partial charge in [0.05, 0.1) is 5.92 Å². The fourth-order valence-corrected chi connectivity index (χ4v) is 4.26. The standard InChI is InChI=1S/C26H32N2O5/c1-4-18(13-14-24(29)28(3)15-17(2)25(30)31)27-26(32)33-16-23-21-11-7-5-9-19(21)20-10-6-8-12-22(20)23/h5-12,17-18,23H,4,13-16H2,1-3H3,(H,27,32)(H,30,31). The molecule has 0 saturated carbocycles. The highest BCUT2D eigenvalue weighted by atomic mass is 16.5. The zero-order chi connectivity index (χ0) is 24.0. The Hall–Kier alpha value is -3.35. The second kappa shape index (κ2) is 11.0. The van der Waals surface area contributed by atoms with Gasteiger partial charge in [-0.2, -0.15) is 0 Å². The molecule has 2 aromatic carbocycles. The number of carboxylic acids is 1. The summed E-state index contributed by atoms with van der Waals surface area (Å²) in [5.74, 6) is -1.71. The number of rotatable bonds is 10. The highest BCUT2D eigenvalue weighted by Gasteiger charge is 2.29. The summed E-state index contributed by atoms with van der Waals surface area (Å²) in [7, 11) is 1.60. The maximum Gasteiger partial charge on any atom is 0.407 e. The molecule has 1 aliphatic rings. The van der Waals surface area contributed by atoms with Crippen LogP contribution < -0.4 is 5.32 Å². The summed E-state index contributed by atoms with van der Waals surface area (Å²) in [5, 5.41) is 11.9. The van der Waals surface area contributed by atoms with Gasteiger partial charge in [0.15, 0.2) is 0 Å². The van der Waals surface area contributed by atoms with Crippen LogP contribution in [-0.4, -0.2) is 54.2 Å². The number of carbonyl (C=O) groups is 3. The topological polar surface area (TPSA) is 95.9 Å². The summed E-state index contributed by atoms with van der Waals surface area (Å²) in [6, 6.07) is 16.1. The fourth-order valence-electron chi connectivity index (χ4n) is 4.26. The van der Waals surface area contributed by atoms with Crippen molar-refractivity contribution in [2.24, 2.45) is 5.92 Å². The van der Waals surface area contributed by atoms with Gasteiger partial charge in [-0.3, -0.25) is 9.59 Å². The lowest BCUT2D eigenvalue weighted by Gasteiger charge is -2.22. The van der Waals surface area contributed by atoms with E-state index in [1.807, 2.05) is 31.2 Å². The quantitative estimate of drug-likeness (QED) is 0.561. The second-order valence-corrected chi connectivity index (χ2v) is 8.63. The molecule has 0 aromatic heterocycles. The molecule has 7 heteroatoms. The number of alkyl carbamates (subject to hydrolysis) is 1. The summed E-state index contributed by atoms with van der Waals surface area (Å²) >= 11 is 0. The van der Waals surface area contributed by atoms with Gasteiger partial charge < -0.3 is 20.1 Å². The highest BCUT2D eigenvalue weighted by Crippen LogP contribution is 2.44. The minimum absolute atomic E-state index is 0.00493. The van der Waals surface area contributed by atoms with Crippen molar-refractivity contribution in [3.63, 3.8) is 0 Å². The number of fused-ring (bicyclic) bond motifs is 3. The van der Waals surface area contributed by atoms with Gasteiger partial charge >= 0.3 is 12.1 Å². The summed E-state index contributed by atoms with van der Waals surface area (Å²) in [4.78, 5) is 37.2. The molecular weight excluding hydrogens is 420 g/mol. The number of hydrogen-bond donors (Lipinski definition) is 2. The molecule has 2 amide bonds. The lowest BCUT2D eigenvalue weighted by Crippen LogP contribution is -2.38. The Labute approximate surface area is 194 Å². The first-order valence-electron chi connectivity index (χ1n) is 11.4. The number of amides is 2. The number of ether oxygens (including phenoxy) is 1. The maximum absolute atomic E-state index is 12.5. The number of nitrogens with zero attached hydrogens (tertiary/aromatic N) is 1. The van der Waals surface area contributed by atoms with Crippen molar-refractivity contribution in [3.8, 4) is 11.1 Å². The largest absolute Gasteiger partial charge is 0.481 e. The molecule has 33 heavy (non-hydrogen) atoms. The molecule has 0 saturated heterocycles. The first-order chi connectivity index (χ1) is 15.8. The van der Waals surface area contributed by atoms with Crippen LogP contribution in [0.5, 0.6) is 0 Å². The van der Waals surface area contributed by atoms with Crippen LogP contribution in [-0.2, 0) is 14.3 Å². The third kappa shape index (κ3) is 5.92. The van der Waals surface area contributed by atoms with Gasteiger partial charge in [0.1, 0.15) is 6.61 Å². The van der Waals surface area contributed by atoms with Crippen molar-refractivity contribution in [2.45, 2.75) is 45.1 Å². The summed E-state index contributed by atoms with van der Waals surface area (Å²) in [6.07, 6.45) is 0.854. The van der Waals surface area contributed by atoms with Crippen molar-refractivity contribution >= 4 is 18.0 Å². The third-order valence-corrected chi connectivity index (χ3v) is 6.26. The molecule has 0 spiro atoms. The Morgan fingerprint density at radius 2 is 1.64 bits per heavy atom. The minimum atomic E-state index is -0.932. The Morgan fingerprint density at radius 3 is 2.18 bits per heavy atom. The Kier molecular flexibility index (Phi) is 8.09. The van der Waals surface area contributed by atoms with Crippen LogP contribution in [0.15, 0.2) is 48.5 Å². The van der Waals surface area contributed by atoms with Crippen molar-refractivity contribution in [1.29, 1.82) is 0 Å². The van der Waals surface area contributed by atoms with E-state index in [0.29, 0.717) is 12.8 Å². The van der Waals surface area contributed by atoms with Crippen LogP contribution >= 0.6 is 0 Å². The van der Waals surface area contributed by atoms with E-state index in [4.69, 9.17) is 9.84 Å². The van der Waals surface area contributed by atoms with Crippen molar-refractivity contribution < 1.29 is 24.2 Å². The molecule has 2 N–H and O–H groups in total. The van der Waals surface area contributed by atoms with Crippen molar-refractivity contribution in [1.82, 2.24) is 10.2 Å². The number of nitrogens with one attached hydrogen (secondary N) is 1. The van der Waals surface area contributed by atoms with Crippen molar-refractivity contribution in [2.75, 3.05) is 20.2 Å². The van der Waals surface area contributed by atoms with Crippen LogP contribution in [0.4, 0.5) is 4.79 Å². The normalized spacial score (nSPS) is 14.0. The molecule has 176 valence electrons. The lowest BCUT2D eigenvalue weighted by atomic mass is 9.98. The van der Waals surface area contributed by atoms with Gasteiger partial charge in [0, 0.05) is 32.0 Å². The monoisotopic (exact) mass is 452 g/mol. The van der Waals surface area contributed by atoms with Crippen LogP contribution in [0.3, 0.4) is 0 Å². The van der Waals surface area contributed by atoms with Crippen LogP contribution in [0.1, 0.15) is 50.2 Å². The van der Waals surface area contributed by atoms with Gasteiger partial charge in [-0.05, 0) is 35.1 Å². The van der Waals surface area contributed by atoms with E-state index in [9.17, 15) is 14.4 Å². The first-order valence-corrected chi connectivity index (χ1v) is 11.4. The minimum Gasteiger partial charge on any atom is -0.481 e. The molecule has 3 rings (SSSR count). The molecule has 2 aromatic rings. The SMILES string of the molecule is CCC(CCC(=O)N(C)CC(C)C(=O)O)NC(=O)OCC1c2ccccc2-c2ccccc21. The van der Waals surface area contributed by atoms with E-state index in [0.717, 1.165) is 11.1 Å². The summed E-state index contributed by atoms with van der Waals surface area (Å²) in [6.45, 7) is 3.91. The van der Waals surface area contributed by atoms with E-state index < -0.39 is 18.0 Å². The van der Waals surface area contributed by atoms with E-state index in [1.165, 1.54) is 16.0 Å². The first kappa shape index (κ1) is 24.3. The summed E-state index contributed by atoms with van der Waals surface area (Å²) < 4.78 is 5.59. The fraction of sp³-hybridized carbons (Fsp3) is 0.423. The van der Waals surface area contributed by atoms with Gasteiger partial charge in [0.25, 0.3) is 0 Å². The molecule has 0 bridgehead atoms. The van der Waals surface area contributed by atoms with E-state index in [-0.39, 0.29) is 37.4 Å². The number of carbonyl (C=O) groups excluding carboxylic acids is 2. The van der Waals surface area contributed by atoms with Crippen molar-refractivity contribution in [3.05, 3.63) is 59.7 Å². The third-order valence-electron chi connectivity index (χ3n) is 6.26. The van der Waals surface area contributed by atoms with E-state index >= 15 is 0 Å². The average Bonchev–Trinajstić information content (AvgIpc) is 3.13. The zero-order valence-electron chi connectivity index (χ0n) is 19.4. The highest BCUT2D eigenvalue weighted by molar-refractivity contribution is 5.79.